The maximum atomic E-state index is 12.1. The molecule has 0 aromatic rings. The Hall–Kier alpha value is -0.710. The summed E-state index contributed by atoms with van der Waals surface area (Å²) in [6.45, 7) is 3.78. The van der Waals surface area contributed by atoms with Crippen molar-refractivity contribution in [3.05, 3.63) is 0 Å². The average molecular weight is 284 g/mol. The highest BCUT2D eigenvalue weighted by Gasteiger charge is 2.32. The largest absolute Gasteiger partial charge is 0.353 e. The fraction of sp³-hybridized carbons (Fsp3) is 0.857. The van der Waals surface area contributed by atoms with E-state index in [1.807, 2.05) is 13.8 Å². The fourth-order valence-electron chi connectivity index (χ4n) is 2.05. The topological polar surface area (TPSA) is 58.2 Å². The average Bonchev–Trinajstić information content (AvgIpc) is 2.25. The highest BCUT2D eigenvalue weighted by molar-refractivity contribution is 8.02. The molecule has 5 heteroatoms. The van der Waals surface area contributed by atoms with E-state index in [1.54, 1.807) is 0 Å². The second kappa shape index (κ2) is 6.16. The summed E-state index contributed by atoms with van der Waals surface area (Å²) in [6, 6.07) is 0.733. The van der Waals surface area contributed by atoms with Crippen LogP contribution in [0.5, 0.6) is 0 Å². The summed E-state index contributed by atoms with van der Waals surface area (Å²) in [5, 5.41) is 6.05. The van der Waals surface area contributed by atoms with Gasteiger partial charge in [-0.25, -0.2) is 0 Å². The second-order valence-electron chi connectivity index (χ2n) is 6.10. The maximum Gasteiger partial charge on any atom is 0.235 e. The van der Waals surface area contributed by atoms with Gasteiger partial charge in [-0.3, -0.25) is 9.59 Å². The third-order valence-electron chi connectivity index (χ3n) is 4.02. The van der Waals surface area contributed by atoms with Crippen molar-refractivity contribution < 1.29 is 9.59 Å². The Morgan fingerprint density at radius 1 is 1.05 bits per heavy atom. The minimum atomic E-state index is -0.535. The third-order valence-corrected chi connectivity index (χ3v) is 5.34. The first-order valence-electron chi connectivity index (χ1n) is 7.21. The lowest BCUT2D eigenvalue weighted by Crippen LogP contribution is -2.48. The Morgan fingerprint density at radius 2 is 1.58 bits per heavy atom. The van der Waals surface area contributed by atoms with E-state index >= 15 is 0 Å². The normalized spacial score (nSPS) is 20.3. The van der Waals surface area contributed by atoms with Crippen molar-refractivity contribution in [1.82, 2.24) is 10.6 Å². The molecule has 0 radical (unpaired) electrons. The van der Waals surface area contributed by atoms with Crippen molar-refractivity contribution in [1.29, 1.82) is 0 Å². The van der Waals surface area contributed by atoms with Crippen LogP contribution in [0.3, 0.4) is 0 Å². The fourth-order valence-corrected chi connectivity index (χ4v) is 2.81. The quantitative estimate of drug-likeness (QED) is 0.782. The van der Waals surface area contributed by atoms with E-state index in [4.69, 9.17) is 0 Å². The van der Waals surface area contributed by atoms with Gasteiger partial charge in [0.2, 0.25) is 11.8 Å². The van der Waals surface area contributed by atoms with E-state index in [1.165, 1.54) is 24.6 Å². The number of thioether (sulfide) groups is 1. The van der Waals surface area contributed by atoms with Crippen LogP contribution in [0.25, 0.3) is 0 Å². The van der Waals surface area contributed by atoms with Gasteiger partial charge in [-0.2, -0.15) is 0 Å². The molecule has 2 rings (SSSR count). The van der Waals surface area contributed by atoms with Gasteiger partial charge in [-0.15, -0.1) is 11.8 Å². The predicted molar refractivity (Wildman–Crippen MR) is 78.1 cm³/mol. The lowest BCUT2D eigenvalue weighted by Gasteiger charge is -2.31. The number of amides is 2. The van der Waals surface area contributed by atoms with Crippen LogP contribution < -0.4 is 10.6 Å². The van der Waals surface area contributed by atoms with Crippen molar-refractivity contribution in [2.75, 3.05) is 5.75 Å². The summed E-state index contributed by atoms with van der Waals surface area (Å²) >= 11 is 1.42. The lowest BCUT2D eigenvalue weighted by molar-refractivity contribution is -0.123. The first-order valence-corrected chi connectivity index (χ1v) is 8.20. The smallest absolute Gasteiger partial charge is 0.235 e. The first kappa shape index (κ1) is 14.7. The van der Waals surface area contributed by atoms with Crippen LogP contribution in [0.15, 0.2) is 0 Å². The molecule has 0 aliphatic heterocycles. The zero-order valence-electron chi connectivity index (χ0n) is 11.8. The SMILES string of the molecule is CC(C)(SCC(=O)NC1CCC1)C(=O)NC1CCC1. The highest BCUT2D eigenvalue weighted by Crippen LogP contribution is 2.27. The van der Waals surface area contributed by atoms with Gasteiger partial charge in [0.15, 0.2) is 0 Å². The van der Waals surface area contributed by atoms with Gasteiger partial charge >= 0.3 is 0 Å². The number of nitrogens with one attached hydrogen (secondary N) is 2. The van der Waals surface area contributed by atoms with E-state index in [-0.39, 0.29) is 11.8 Å². The minimum absolute atomic E-state index is 0.0543. The molecule has 0 atom stereocenters. The zero-order valence-corrected chi connectivity index (χ0v) is 12.6. The molecule has 2 N–H and O–H groups in total. The number of rotatable bonds is 6. The third kappa shape index (κ3) is 4.13. The van der Waals surface area contributed by atoms with E-state index in [9.17, 15) is 9.59 Å². The van der Waals surface area contributed by atoms with Crippen LogP contribution in [0.2, 0.25) is 0 Å². The van der Waals surface area contributed by atoms with E-state index in [2.05, 4.69) is 10.6 Å². The standard InChI is InChI=1S/C14H24N2O2S/c1-14(2,13(18)16-11-7-4-8-11)19-9-12(17)15-10-5-3-6-10/h10-11H,3-9H2,1-2H3,(H,15,17)(H,16,18). The van der Waals surface area contributed by atoms with Gasteiger partial charge in [0.05, 0.1) is 10.5 Å². The van der Waals surface area contributed by atoms with Gasteiger partial charge in [-0.1, -0.05) is 0 Å². The van der Waals surface area contributed by atoms with E-state index < -0.39 is 4.75 Å². The number of hydrogen-bond acceptors (Lipinski definition) is 3. The summed E-state index contributed by atoms with van der Waals surface area (Å²) in [7, 11) is 0. The summed E-state index contributed by atoms with van der Waals surface area (Å²) in [4.78, 5) is 23.8. The molecule has 2 aliphatic carbocycles. The molecule has 2 amide bonds. The number of carbonyl (C=O) groups excluding carboxylic acids is 2. The molecule has 0 unspecified atom stereocenters. The molecular weight excluding hydrogens is 260 g/mol. The van der Waals surface area contributed by atoms with Crippen LogP contribution in [-0.2, 0) is 9.59 Å². The Bertz CT molecular complexity index is 349. The number of carbonyl (C=O) groups is 2. The molecule has 4 nitrogen and oxygen atoms in total. The van der Waals surface area contributed by atoms with Gasteiger partial charge in [0.25, 0.3) is 0 Å². The number of hydrogen-bond donors (Lipinski definition) is 2. The van der Waals surface area contributed by atoms with Crippen LogP contribution in [-0.4, -0.2) is 34.4 Å². The molecule has 2 aliphatic rings. The van der Waals surface area contributed by atoms with Crippen molar-refractivity contribution in [3.63, 3.8) is 0 Å². The van der Waals surface area contributed by atoms with Crippen LogP contribution in [0.1, 0.15) is 52.4 Å². The molecule has 0 saturated heterocycles. The van der Waals surface area contributed by atoms with Gasteiger partial charge in [-0.05, 0) is 52.4 Å². The van der Waals surface area contributed by atoms with Crippen molar-refractivity contribution in [3.8, 4) is 0 Å². The molecule has 0 aromatic heterocycles. The van der Waals surface area contributed by atoms with Crippen molar-refractivity contribution >= 4 is 23.6 Å². The highest BCUT2D eigenvalue weighted by atomic mass is 32.2. The monoisotopic (exact) mass is 284 g/mol. The van der Waals surface area contributed by atoms with Crippen molar-refractivity contribution in [2.24, 2.45) is 0 Å². The predicted octanol–water partition coefficient (Wildman–Crippen LogP) is 1.84. The van der Waals surface area contributed by atoms with Gasteiger partial charge < -0.3 is 10.6 Å². The van der Waals surface area contributed by atoms with Crippen LogP contribution >= 0.6 is 11.8 Å². The summed E-state index contributed by atoms with van der Waals surface area (Å²) < 4.78 is -0.535. The zero-order chi connectivity index (χ0) is 13.9. The Labute approximate surface area is 119 Å². The molecule has 108 valence electrons. The molecule has 0 heterocycles. The van der Waals surface area contributed by atoms with E-state index in [0.29, 0.717) is 17.8 Å². The molecule has 2 fully saturated rings. The molecule has 19 heavy (non-hydrogen) atoms. The van der Waals surface area contributed by atoms with Crippen LogP contribution in [0.4, 0.5) is 0 Å². The van der Waals surface area contributed by atoms with Gasteiger partial charge in [0.1, 0.15) is 0 Å². The van der Waals surface area contributed by atoms with Crippen molar-refractivity contribution in [2.45, 2.75) is 69.2 Å². The Balaban J connectivity index is 1.69. The lowest BCUT2D eigenvalue weighted by atomic mass is 9.92. The summed E-state index contributed by atoms with van der Waals surface area (Å²) in [5.74, 6) is 0.472. The summed E-state index contributed by atoms with van der Waals surface area (Å²) in [5.41, 5.74) is 0. The maximum absolute atomic E-state index is 12.1. The molecule has 0 aromatic carbocycles. The first-order chi connectivity index (χ1) is 8.97. The van der Waals surface area contributed by atoms with Crippen LogP contribution in [0, 0.1) is 0 Å². The Kier molecular flexibility index (Phi) is 4.76. The molecular formula is C14H24N2O2S. The van der Waals surface area contributed by atoms with E-state index in [0.717, 1.165) is 25.7 Å². The molecule has 2 saturated carbocycles. The Morgan fingerprint density at radius 3 is 2.05 bits per heavy atom. The minimum Gasteiger partial charge on any atom is -0.353 e. The van der Waals surface area contributed by atoms with Gasteiger partial charge in [0, 0.05) is 12.1 Å². The summed E-state index contributed by atoms with van der Waals surface area (Å²) in [6.07, 6.45) is 6.81. The molecule has 0 spiro atoms. The molecule has 0 bridgehead atoms. The second-order valence-corrected chi connectivity index (χ2v) is 7.69.